The smallest absolute Gasteiger partial charge is 0.252 e. The van der Waals surface area contributed by atoms with Crippen LogP contribution in [0.15, 0.2) is 24.3 Å². The van der Waals surface area contributed by atoms with E-state index in [4.69, 9.17) is 11.6 Å². The number of rotatable bonds is 2. The zero-order valence-corrected chi connectivity index (χ0v) is 9.10. The lowest BCUT2D eigenvalue weighted by Gasteiger charge is -2.06. The number of benzene rings is 1. The van der Waals surface area contributed by atoms with Crippen LogP contribution in [0, 0.1) is 0 Å². The van der Waals surface area contributed by atoms with Crippen LogP contribution in [0.1, 0.15) is 10.4 Å². The molecule has 1 aromatic carbocycles. The van der Waals surface area contributed by atoms with Gasteiger partial charge >= 0.3 is 0 Å². The maximum Gasteiger partial charge on any atom is 0.252 e. The van der Waals surface area contributed by atoms with Gasteiger partial charge in [0.25, 0.3) is 5.24 Å². The number of carbonyl (C=O) groups is 1. The molecule has 0 aliphatic rings. The summed E-state index contributed by atoms with van der Waals surface area (Å²) in [6.45, 7) is 3.32. The third kappa shape index (κ3) is 2.68. The Bertz CT molecular complexity index is 381. The fraction of sp³-hybridized carbons (Fsp3) is 0.222. The van der Waals surface area contributed by atoms with Gasteiger partial charge in [-0.3, -0.25) is 4.79 Å². The molecule has 0 unspecified atom stereocenters. The van der Waals surface area contributed by atoms with Crippen molar-refractivity contribution in [1.29, 1.82) is 0 Å². The average molecular weight is 217 g/mol. The molecule has 4 heteroatoms. The molecule has 0 fully saturated rings. The third-order valence-corrected chi connectivity index (χ3v) is 3.43. The molecule has 2 nitrogen and oxygen atoms in total. The van der Waals surface area contributed by atoms with Crippen LogP contribution >= 0.6 is 18.7 Å². The number of hydrogen-bond donors (Lipinski definition) is 0. The lowest BCUT2D eigenvalue weighted by atomic mass is 10.2. The molecule has 0 spiro atoms. The first-order chi connectivity index (χ1) is 5.91. The maximum absolute atomic E-state index is 11.6. The van der Waals surface area contributed by atoms with Crippen LogP contribution in [0.4, 0.5) is 0 Å². The van der Waals surface area contributed by atoms with E-state index >= 15 is 0 Å². The van der Waals surface area contributed by atoms with Crippen molar-refractivity contribution in [3.05, 3.63) is 29.8 Å². The van der Waals surface area contributed by atoms with Gasteiger partial charge in [-0.2, -0.15) is 0 Å². The molecule has 1 rings (SSSR count). The highest BCUT2D eigenvalue weighted by atomic mass is 35.5. The quantitative estimate of drug-likeness (QED) is 0.562. The molecule has 0 N–H and O–H groups in total. The SMILES string of the molecule is CP(C)(=O)c1cccc(C(=O)Cl)c1. The number of halogens is 1. The molecule has 13 heavy (non-hydrogen) atoms. The highest BCUT2D eigenvalue weighted by Crippen LogP contribution is 2.34. The normalized spacial score (nSPS) is 11.3. The minimum Gasteiger partial charge on any atom is -0.319 e. The van der Waals surface area contributed by atoms with Gasteiger partial charge in [-0.05, 0) is 31.0 Å². The third-order valence-electron chi connectivity index (χ3n) is 1.69. The van der Waals surface area contributed by atoms with E-state index in [0.29, 0.717) is 10.9 Å². The minimum absolute atomic E-state index is 0.392. The predicted octanol–water partition coefficient (Wildman–Crippen LogP) is 2.31. The van der Waals surface area contributed by atoms with E-state index in [0.717, 1.165) is 0 Å². The Morgan fingerprint density at radius 3 is 2.46 bits per heavy atom. The van der Waals surface area contributed by atoms with Crippen molar-refractivity contribution in [3.63, 3.8) is 0 Å². The molecular formula is C9H10ClO2P. The first kappa shape index (κ1) is 10.5. The number of hydrogen-bond acceptors (Lipinski definition) is 2. The lowest BCUT2D eigenvalue weighted by Crippen LogP contribution is -2.04. The summed E-state index contributed by atoms with van der Waals surface area (Å²) in [6.07, 6.45) is 0. The van der Waals surface area contributed by atoms with Crippen molar-refractivity contribution in [2.75, 3.05) is 13.3 Å². The Labute approximate surface area is 82.3 Å². The molecule has 0 aliphatic heterocycles. The lowest BCUT2D eigenvalue weighted by molar-refractivity contribution is 0.108. The fourth-order valence-corrected chi connectivity index (χ4v) is 1.98. The molecule has 1 aromatic rings. The monoisotopic (exact) mass is 216 g/mol. The van der Waals surface area contributed by atoms with Crippen LogP contribution in [0.3, 0.4) is 0 Å². The van der Waals surface area contributed by atoms with Crippen LogP contribution < -0.4 is 5.30 Å². The summed E-state index contributed by atoms with van der Waals surface area (Å²) >= 11 is 5.30. The summed E-state index contributed by atoms with van der Waals surface area (Å²) in [5.74, 6) is 0. The Morgan fingerprint density at radius 1 is 1.38 bits per heavy atom. The Kier molecular flexibility index (Phi) is 2.94. The van der Waals surface area contributed by atoms with Gasteiger partial charge in [-0.15, -0.1) is 0 Å². The van der Waals surface area contributed by atoms with Crippen molar-refractivity contribution in [2.45, 2.75) is 0 Å². The molecular weight excluding hydrogens is 207 g/mol. The Hall–Kier alpha value is -0.590. The van der Waals surface area contributed by atoms with E-state index in [1.807, 2.05) is 0 Å². The summed E-state index contributed by atoms with van der Waals surface area (Å²) in [4.78, 5) is 10.8. The predicted molar refractivity (Wildman–Crippen MR) is 55.7 cm³/mol. The van der Waals surface area contributed by atoms with Gasteiger partial charge in [0.15, 0.2) is 0 Å². The van der Waals surface area contributed by atoms with Gasteiger partial charge in [0.2, 0.25) is 0 Å². The van der Waals surface area contributed by atoms with Crippen LogP contribution in [-0.4, -0.2) is 18.6 Å². The largest absolute Gasteiger partial charge is 0.319 e. The van der Waals surface area contributed by atoms with Crippen LogP contribution in [0.2, 0.25) is 0 Å². The number of carbonyl (C=O) groups excluding carboxylic acids is 1. The average Bonchev–Trinajstić information content (AvgIpc) is 2.03. The van der Waals surface area contributed by atoms with Crippen molar-refractivity contribution in [3.8, 4) is 0 Å². The van der Waals surface area contributed by atoms with Crippen LogP contribution in [0.25, 0.3) is 0 Å². The Morgan fingerprint density at radius 2 is 2.00 bits per heavy atom. The van der Waals surface area contributed by atoms with Crippen molar-refractivity contribution < 1.29 is 9.36 Å². The molecule has 0 amide bonds. The second kappa shape index (κ2) is 3.65. The van der Waals surface area contributed by atoms with E-state index < -0.39 is 12.4 Å². The van der Waals surface area contributed by atoms with E-state index in [9.17, 15) is 9.36 Å². The first-order valence-corrected chi connectivity index (χ1v) is 6.74. The summed E-state index contributed by atoms with van der Waals surface area (Å²) in [6, 6.07) is 6.61. The highest BCUT2D eigenvalue weighted by molar-refractivity contribution is 7.70. The van der Waals surface area contributed by atoms with Gasteiger partial charge in [0, 0.05) is 10.9 Å². The summed E-state index contributed by atoms with van der Waals surface area (Å²) in [5.41, 5.74) is 0.392. The van der Waals surface area contributed by atoms with Crippen molar-refractivity contribution in [1.82, 2.24) is 0 Å². The second-order valence-corrected chi connectivity index (χ2v) is 6.74. The summed E-state index contributed by atoms with van der Waals surface area (Å²) < 4.78 is 11.6. The zero-order chi connectivity index (χ0) is 10.1. The van der Waals surface area contributed by atoms with Crippen molar-refractivity contribution >= 4 is 29.3 Å². The molecule has 0 saturated heterocycles. The van der Waals surface area contributed by atoms with E-state index in [-0.39, 0.29) is 0 Å². The van der Waals surface area contributed by atoms with E-state index in [1.54, 1.807) is 37.6 Å². The van der Waals surface area contributed by atoms with Gasteiger partial charge in [0.1, 0.15) is 7.14 Å². The molecule has 0 saturated carbocycles. The van der Waals surface area contributed by atoms with Gasteiger partial charge in [-0.1, -0.05) is 18.2 Å². The first-order valence-electron chi connectivity index (χ1n) is 3.77. The Balaban J connectivity index is 3.21. The van der Waals surface area contributed by atoms with Crippen LogP contribution in [-0.2, 0) is 4.57 Å². The van der Waals surface area contributed by atoms with Crippen molar-refractivity contribution in [2.24, 2.45) is 0 Å². The van der Waals surface area contributed by atoms with E-state index in [1.165, 1.54) is 0 Å². The second-order valence-electron chi connectivity index (χ2n) is 3.17. The molecule has 70 valence electrons. The topological polar surface area (TPSA) is 34.1 Å². The summed E-state index contributed by atoms with van der Waals surface area (Å²) in [7, 11) is -2.30. The molecule has 0 bridgehead atoms. The molecule has 0 heterocycles. The van der Waals surface area contributed by atoms with Crippen LogP contribution in [0.5, 0.6) is 0 Å². The minimum atomic E-state index is -2.30. The maximum atomic E-state index is 11.6. The molecule has 0 aromatic heterocycles. The summed E-state index contributed by atoms with van der Waals surface area (Å²) in [5, 5.41) is 0.161. The fourth-order valence-electron chi connectivity index (χ4n) is 0.963. The molecule has 0 aliphatic carbocycles. The van der Waals surface area contributed by atoms with Gasteiger partial charge in [-0.25, -0.2) is 0 Å². The molecule has 0 atom stereocenters. The molecule has 0 radical (unpaired) electrons. The standard InChI is InChI=1S/C9H10ClO2P/c1-13(2,12)8-5-3-4-7(6-8)9(10)11/h3-6H,1-2H3. The van der Waals surface area contributed by atoms with Gasteiger partial charge < -0.3 is 4.57 Å². The highest BCUT2D eigenvalue weighted by Gasteiger charge is 2.12. The van der Waals surface area contributed by atoms with E-state index in [2.05, 4.69) is 0 Å². The van der Waals surface area contributed by atoms with Gasteiger partial charge in [0.05, 0.1) is 0 Å². The zero-order valence-electron chi connectivity index (χ0n) is 7.45.